The van der Waals surface area contributed by atoms with Gasteiger partial charge in [-0.25, -0.2) is 0 Å². The fraction of sp³-hybridized carbons (Fsp3) is 0.500. The average molecular weight is 306 g/mol. The minimum absolute atomic E-state index is 0.0164. The number of anilines is 1. The molecular formula is C16H22N2O2S. The van der Waals surface area contributed by atoms with Crippen molar-refractivity contribution in [3.05, 3.63) is 24.3 Å². The average Bonchev–Trinajstić information content (AvgIpc) is 2.45. The van der Waals surface area contributed by atoms with Crippen molar-refractivity contribution >= 4 is 29.3 Å². The first-order valence-electron chi connectivity index (χ1n) is 7.22. The maximum atomic E-state index is 12.8. The van der Waals surface area contributed by atoms with Crippen LogP contribution >= 0.6 is 11.8 Å². The molecule has 1 fully saturated rings. The molecule has 1 heterocycles. The van der Waals surface area contributed by atoms with Crippen molar-refractivity contribution in [2.45, 2.75) is 44.2 Å². The van der Waals surface area contributed by atoms with Gasteiger partial charge in [0, 0.05) is 4.90 Å². The summed E-state index contributed by atoms with van der Waals surface area (Å²) in [5.74, 6) is 0.249. The third-order valence-electron chi connectivity index (χ3n) is 3.67. The molecule has 1 aliphatic rings. The standard InChI is InChI=1S/C16H22N2O2S/c1-10(2)9-12-16(20)18(11(3)15(19)17-12)13-7-5-6-8-14(13)21-4/h5-8,10-12H,9H2,1-4H3,(H,17,19). The minimum Gasteiger partial charge on any atom is -0.342 e. The molecule has 2 amide bonds. The van der Waals surface area contributed by atoms with E-state index in [4.69, 9.17) is 0 Å². The Morgan fingerprint density at radius 2 is 1.95 bits per heavy atom. The molecule has 0 bridgehead atoms. The molecule has 0 spiro atoms. The number of para-hydroxylation sites is 1. The topological polar surface area (TPSA) is 49.4 Å². The Morgan fingerprint density at radius 1 is 1.29 bits per heavy atom. The predicted molar refractivity (Wildman–Crippen MR) is 86.6 cm³/mol. The van der Waals surface area contributed by atoms with E-state index >= 15 is 0 Å². The summed E-state index contributed by atoms with van der Waals surface area (Å²) in [6.07, 6.45) is 2.64. The van der Waals surface area contributed by atoms with E-state index in [1.807, 2.05) is 30.5 Å². The van der Waals surface area contributed by atoms with Crippen molar-refractivity contribution in [1.29, 1.82) is 0 Å². The van der Waals surface area contributed by atoms with Crippen LogP contribution in [0.25, 0.3) is 0 Å². The van der Waals surface area contributed by atoms with Crippen molar-refractivity contribution in [2.24, 2.45) is 5.92 Å². The highest BCUT2D eigenvalue weighted by Crippen LogP contribution is 2.32. The van der Waals surface area contributed by atoms with E-state index in [9.17, 15) is 9.59 Å². The van der Waals surface area contributed by atoms with E-state index in [1.165, 1.54) is 0 Å². The van der Waals surface area contributed by atoms with Gasteiger partial charge in [0.2, 0.25) is 11.8 Å². The number of hydrogen-bond acceptors (Lipinski definition) is 3. The van der Waals surface area contributed by atoms with E-state index in [2.05, 4.69) is 19.2 Å². The number of rotatable bonds is 4. The zero-order valence-electron chi connectivity index (χ0n) is 12.9. The van der Waals surface area contributed by atoms with Gasteiger partial charge in [0.15, 0.2) is 0 Å². The maximum Gasteiger partial charge on any atom is 0.250 e. The fourth-order valence-electron chi connectivity index (χ4n) is 2.62. The molecule has 2 rings (SSSR count). The van der Waals surface area contributed by atoms with Crippen molar-refractivity contribution in [3.8, 4) is 0 Å². The number of thioether (sulfide) groups is 1. The quantitative estimate of drug-likeness (QED) is 0.870. The summed E-state index contributed by atoms with van der Waals surface area (Å²) in [7, 11) is 0. The molecule has 2 unspecified atom stereocenters. The van der Waals surface area contributed by atoms with Crippen LogP contribution < -0.4 is 10.2 Å². The third kappa shape index (κ3) is 3.23. The van der Waals surface area contributed by atoms with E-state index in [0.717, 1.165) is 10.6 Å². The van der Waals surface area contributed by atoms with E-state index in [1.54, 1.807) is 23.6 Å². The van der Waals surface area contributed by atoms with Gasteiger partial charge < -0.3 is 5.32 Å². The maximum absolute atomic E-state index is 12.8. The molecule has 1 aliphatic heterocycles. The van der Waals surface area contributed by atoms with Gasteiger partial charge in [0.25, 0.3) is 0 Å². The second-order valence-corrected chi connectivity index (χ2v) is 6.59. The third-order valence-corrected chi connectivity index (χ3v) is 4.46. The van der Waals surface area contributed by atoms with Crippen LogP contribution in [0.2, 0.25) is 0 Å². The molecule has 1 saturated heterocycles. The Labute approximate surface area is 130 Å². The highest BCUT2D eigenvalue weighted by molar-refractivity contribution is 7.98. The van der Waals surface area contributed by atoms with Crippen molar-refractivity contribution in [2.75, 3.05) is 11.2 Å². The van der Waals surface area contributed by atoms with Crippen LogP contribution in [0.15, 0.2) is 29.2 Å². The summed E-state index contributed by atoms with van der Waals surface area (Å²) in [4.78, 5) is 27.7. The second-order valence-electron chi connectivity index (χ2n) is 5.75. The smallest absolute Gasteiger partial charge is 0.250 e. The Kier molecular flexibility index (Phi) is 4.93. The summed E-state index contributed by atoms with van der Waals surface area (Å²) >= 11 is 1.58. The normalized spacial score (nSPS) is 22.6. The van der Waals surface area contributed by atoms with Crippen molar-refractivity contribution < 1.29 is 9.59 Å². The predicted octanol–water partition coefficient (Wildman–Crippen LogP) is 2.67. The number of carbonyl (C=O) groups is 2. The Bertz CT molecular complexity index is 545. The van der Waals surface area contributed by atoms with Crippen LogP contribution in [0, 0.1) is 5.92 Å². The van der Waals surface area contributed by atoms with Gasteiger partial charge in [-0.3, -0.25) is 14.5 Å². The van der Waals surface area contributed by atoms with Crippen LogP contribution in [-0.2, 0) is 9.59 Å². The number of hydrogen-bond donors (Lipinski definition) is 1. The summed E-state index contributed by atoms with van der Waals surface area (Å²) in [6.45, 7) is 5.88. The molecule has 1 N–H and O–H groups in total. The fourth-order valence-corrected chi connectivity index (χ4v) is 3.21. The first-order chi connectivity index (χ1) is 9.95. The molecule has 114 valence electrons. The number of amides is 2. The van der Waals surface area contributed by atoms with Crippen LogP contribution in [0.5, 0.6) is 0 Å². The lowest BCUT2D eigenvalue weighted by atomic mass is 9.98. The summed E-state index contributed by atoms with van der Waals surface area (Å²) in [5, 5.41) is 2.85. The Morgan fingerprint density at radius 3 is 2.57 bits per heavy atom. The van der Waals surface area contributed by atoms with Crippen LogP contribution in [0.4, 0.5) is 5.69 Å². The van der Waals surface area contributed by atoms with Gasteiger partial charge in [-0.05, 0) is 37.7 Å². The molecule has 0 saturated carbocycles. The SMILES string of the molecule is CSc1ccccc1N1C(=O)C(CC(C)C)NC(=O)C1C. The van der Waals surface area contributed by atoms with Crippen molar-refractivity contribution in [1.82, 2.24) is 5.32 Å². The number of carbonyl (C=O) groups excluding carboxylic acids is 2. The van der Waals surface area contributed by atoms with E-state index in [-0.39, 0.29) is 11.8 Å². The van der Waals surface area contributed by atoms with Gasteiger partial charge in [0.05, 0.1) is 5.69 Å². The molecule has 5 heteroatoms. The molecular weight excluding hydrogens is 284 g/mol. The Hall–Kier alpha value is -1.49. The molecule has 21 heavy (non-hydrogen) atoms. The monoisotopic (exact) mass is 306 g/mol. The van der Waals surface area contributed by atoms with Gasteiger partial charge in [-0.1, -0.05) is 26.0 Å². The Balaban J connectivity index is 2.39. The van der Waals surface area contributed by atoms with Crippen LogP contribution in [-0.4, -0.2) is 30.2 Å². The first kappa shape index (κ1) is 15.9. The number of piperazine rings is 1. The lowest BCUT2D eigenvalue weighted by Crippen LogP contribution is -2.63. The van der Waals surface area contributed by atoms with E-state index in [0.29, 0.717) is 12.3 Å². The zero-order chi connectivity index (χ0) is 15.6. The van der Waals surface area contributed by atoms with Crippen LogP contribution in [0.1, 0.15) is 27.2 Å². The molecule has 0 radical (unpaired) electrons. The zero-order valence-corrected chi connectivity index (χ0v) is 13.7. The van der Waals surface area contributed by atoms with Gasteiger partial charge >= 0.3 is 0 Å². The van der Waals surface area contributed by atoms with Crippen LogP contribution in [0.3, 0.4) is 0 Å². The highest BCUT2D eigenvalue weighted by Gasteiger charge is 2.39. The van der Waals surface area contributed by atoms with Gasteiger partial charge in [0.1, 0.15) is 12.1 Å². The lowest BCUT2D eigenvalue weighted by Gasteiger charge is -2.38. The molecule has 0 aromatic heterocycles. The molecule has 4 nitrogen and oxygen atoms in total. The molecule has 2 atom stereocenters. The number of nitrogens with one attached hydrogen (secondary N) is 1. The molecule has 1 aromatic carbocycles. The number of benzene rings is 1. The summed E-state index contributed by atoms with van der Waals surface area (Å²) in [6, 6.07) is 6.83. The summed E-state index contributed by atoms with van der Waals surface area (Å²) < 4.78 is 0. The van der Waals surface area contributed by atoms with Gasteiger partial charge in [-0.2, -0.15) is 0 Å². The largest absolute Gasteiger partial charge is 0.342 e. The molecule has 1 aromatic rings. The number of nitrogens with zero attached hydrogens (tertiary/aromatic N) is 1. The first-order valence-corrected chi connectivity index (χ1v) is 8.44. The molecule has 0 aliphatic carbocycles. The lowest BCUT2D eigenvalue weighted by molar-refractivity contribution is -0.133. The highest BCUT2D eigenvalue weighted by atomic mass is 32.2. The minimum atomic E-state index is -0.478. The summed E-state index contributed by atoms with van der Waals surface area (Å²) in [5.41, 5.74) is 0.825. The second kappa shape index (κ2) is 6.52. The van der Waals surface area contributed by atoms with Crippen molar-refractivity contribution in [3.63, 3.8) is 0 Å². The van der Waals surface area contributed by atoms with Gasteiger partial charge in [-0.15, -0.1) is 11.8 Å². The van der Waals surface area contributed by atoms with E-state index < -0.39 is 12.1 Å².